The number of rotatable bonds is 5. The fourth-order valence-corrected chi connectivity index (χ4v) is 2.67. The maximum absolute atomic E-state index is 12.6. The molecule has 0 atom stereocenters. The molecule has 1 heterocycles. The minimum atomic E-state index is -0.247. The average Bonchev–Trinajstić information content (AvgIpc) is 2.61. The van der Waals surface area contributed by atoms with E-state index in [9.17, 15) is 4.79 Å². The van der Waals surface area contributed by atoms with Crippen LogP contribution in [-0.2, 0) is 6.54 Å². The second-order valence-electron chi connectivity index (χ2n) is 6.33. The molecule has 5 heteroatoms. The summed E-state index contributed by atoms with van der Waals surface area (Å²) in [6.45, 7) is 6.46. The number of nitrogens with one attached hydrogen (secondary N) is 2. The molecule has 0 spiro atoms. The molecule has 3 rings (SSSR count). The summed E-state index contributed by atoms with van der Waals surface area (Å²) in [5.41, 5.74) is 5.20. The molecule has 26 heavy (non-hydrogen) atoms. The zero-order chi connectivity index (χ0) is 18.5. The standard InChI is InChI=1S/C21H22N4O/c1-14-7-6-9-17(11-14)13-22-21-23-16(3)12-19(25-21)20(26)24-18-10-5-4-8-15(18)2/h4-12H,13H2,1-3H3,(H,24,26)(H,22,23,25). The number of aromatic nitrogens is 2. The summed E-state index contributed by atoms with van der Waals surface area (Å²) in [4.78, 5) is 21.3. The van der Waals surface area contributed by atoms with E-state index in [0.29, 0.717) is 18.2 Å². The number of para-hydroxylation sites is 1. The lowest BCUT2D eigenvalue weighted by molar-refractivity contribution is 0.102. The van der Waals surface area contributed by atoms with Crippen LogP contribution in [0.5, 0.6) is 0 Å². The highest BCUT2D eigenvalue weighted by molar-refractivity contribution is 6.03. The Morgan fingerprint density at radius 2 is 1.77 bits per heavy atom. The van der Waals surface area contributed by atoms with E-state index in [1.165, 1.54) is 5.56 Å². The van der Waals surface area contributed by atoms with Gasteiger partial charge in [0.2, 0.25) is 5.95 Å². The van der Waals surface area contributed by atoms with E-state index >= 15 is 0 Å². The highest BCUT2D eigenvalue weighted by atomic mass is 16.1. The van der Waals surface area contributed by atoms with E-state index in [4.69, 9.17) is 0 Å². The van der Waals surface area contributed by atoms with E-state index in [1.54, 1.807) is 6.07 Å². The zero-order valence-electron chi connectivity index (χ0n) is 15.2. The first-order chi connectivity index (χ1) is 12.5. The largest absolute Gasteiger partial charge is 0.350 e. The lowest BCUT2D eigenvalue weighted by Gasteiger charge is -2.10. The normalized spacial score (nSPS) is 10.4. The second-order valence-corrected chi connectivity index (χ2v) is 6.33. The number of hydrogen-bond acceptors (Lipinski definition) is 4. The number of hydrogen-bond donors (Lipinski definition) is 2. The quantitative estimate of drug-likeness (QED) is 0.724. The Labute approximate surface area is 153 Å². The van der Waals surface area contributed by atoms with E-state index in [-0.39, 0.29) is 5.91 Å². The van der Waals surface area contributed by atoms with Gasteiger partial charge in [0.25, 0.3) is 5.91 Å². The van der Waals surface area contributed by atoms with Crippen LogP contribution in [0.15, 0.2) is 54.6 Å². The molecule has 0 aliphatic heterocycles. The third kappa shape index (κ3) is 4.45. The fourth-order valence-electron chi connectivity index (χ4n) is 2.67. The molecule has 1 aromatic heterocycles. The van der Waals surface area contributed by atoms with Crippen LogP contribution in [0.1, 0.15) is 32.9 Å². The van der Waals surface area contributed by atoms with Crippen LogP contribution in [0.2, 0.25) is 0 Å². The Bertz CT molecular complexity index is 937. The second kappa shape index (κ2) is 7.78. The smallest absolute Gasteiger partial charge is 0.274 e. The van der Waals surface area contributed by atoms with Gasteiger partial charge in [-0.25, -0.2) is 9.97 Å². The number of aryl methyl sites for hydroxylation is 3. The minimum absolute atomic E-state index is 0.247. The van der Waals surface area contributed by atoms with Crippen LogP contribution in [0, 0.1) is 20.8 Å². The predicted molar refractivity (Wildman–Crippen MR) is 104 cm³/mol. The van der Waals surface area contributed by atoms with Crippen molar-refractivity contribution in [2.75, 3.05) is 10.6 Å². The van der Waals surface area contributed by atoms with E-state index in [1.807, 2.05) is 50.2 Å². The van der Waals surface area contributed by atoms with Crippen molar-refractivity contribution < 1.29 is 4.79 Å². The van der Waals surface area contributed by atoms with Crippen molar-refractivity contribution in [2.24, 2.45) is 0 Å². The van der Waals surface area contributed by atoms with Crippen molar-refractivity contribution in [3.8, 4) is 0 Å². The van der Waals surface area contributed by atoms with Gasteiger partial charge in [-0.15, -0.1) is 0 Å². The summed E-state index contributed by atoms with van der Waals surface area (Å²) < 4.78 is 0. The van der Waals surface area contributed by atoms with E-state index in [0.717, 1.165) is 22.5 Å². The van der Waals surface area contributed by atoms with Gasteiger partial charge in [0.15, 0.2) is 0 Å². The highest BCUT2D eigenvalue weighted by Crippen LogP contribution is 2.15. The number of anilines is 2. The summed E-state index contributed by atoms with van der Waals surface area (Å²) >= 11 is 0. The molecule has 3 aromatic rings. The molecule has 5 nitrogen and oxygen atoms in total. The van der Waals surface area contributed by atoms with Gasteiger partial charge in [0, 0.05) is 17.9 Å². The average molecular weight is 346 g/mol. The lowest BCUT2D eigenvalue weighted by Crippen LogP contribution is -2.16. The Kier molecular flexibility index (Phi) is 5.27. The fraction of sp³-hybridized carbons (Fsp3) is 0.190. The van der Waals surface area contributed by atoms with Crippen molar-refractivity contribution >= 4 is 17.5 Å². The van der Waals surface area contributed by atoms with Crippen molar-refractivity contribution in [1.29, 1.82) is 0 Å². The topological polar surface area (TPSA) is 66.9 Å². The summed E-state index contributed by atoms with van der Waals surface area (Å²) in [5, 5.41) is 6.10. The van der Waals surface area contributed by atoms with Gasteiger partial charge in [-0.2, -0.15) is 0 Å². The van der Waals surface area contributed by atoms with Gasteiger partial charge in [-0.3, -0.25) is 4.79 Å². The Balaban J connectivity index is 1.74. The highest BCUT2D eigenvalue weighted by Gasteiger charge is 2.12. The third-order valence-corrected chi connectivity index (χ3v) is 4.01. The first-order valence-corrected chi connectivity index (χ1v) is 8.53. The van der Waals surface area contributed by atoms with Gasteiger partial charge in [0.1, 0.15) is 5.69 Å². The van der Waals surface area contributed by atoms with Gasteiger partial charge >= 0.3 is 0 Å². The van der Waals surface area contributed by atoms with Crippen LogP contribution in [0.4, 0.5) is 11.6 Å². The first kappa shape index (κ1) is 17.6. The number of benzene rings is 2. The molecule has 0 saturated heterocycles. The SMILES string of the molecule is Cc1cccc(CNc2nc(C)cc(C(=O)Nc3ccccc3C)n2)c1. The maximum Gasteiger partial charge on any atom is 0.274 e. The molecule has 0 radical (unpaired) electrons. The molecule has 0 saturated carbocycles. The molecule has 0 unspecified atom stereocenters. The monoisotopic (exact) mass is 346 g/mol. The van der Waals surface area contributed by atoms with Crippen LogP contribution >= 0.6 is 0 Å². The summed E-state index contributed by atoms with van der Waals surface area (Å²) in [7, 11) is 0. The molecule has 132 valence electrons. The Morgan fingerprint density at radius 1 is 0.962 bits per heavy atom. The first-order valence-electron chi connectivity index (χ1n) is 8.53. The van der Waals surface area contributed by atoms with E-state index in [2.05, 4.69) is 39.7 Å². The van der Waals surface area contributed by atoms with Gasteiger partial charge < -0.3 is 10.6 Å². The molecular formula is C21H22N4O. The van der Waals surface area contributed by atoms with Crippen molar-refractivity contribution in [3.05, 3.63) is 82.7 Å². The number of amides is 1. The molecule has 1 amide bonds. The van der Waals surface area contributed by atoms with Crippen molar-refractivity contribution in [2.45, 2.75) is 27.3 Å². The van der Waals surface area contributed by atoms with Crippen LogP contribution in [0.3, 0.4) is 0 Å². The molecule has 0 bridgehead atoms. The Hall–Kier alpha value is -3.21. The molecule has 0 fully saturated rings. The van der Waals surface area contributed by atoms with Crippen LogP contribution < -0.4 is 10.6 Å². The van der Waals surface area contributed by atoms with Crippen molar-refractivity contribution in [1.82, 2.24) is 9.97 Å². The van der Waals surface area contributed by atoms with Gasteiger partial charge in [-0.1, -0.05) is 48.0 Å². The number of carbonyl (C=O) groups excluding carboxylic acids is 1. The third-order valence-electron chi connectivity index (χ3n) is 4.01. The number of nitrogens with zero attached hydrogens (tertiary/aromatic N) is 2. The summed E-state index contributed by atoms with van der Waals surface area (Å²) in [6.07, 6.45) is 0. The van der Waals surface area contributed by atoms with Gasteiger partial charge in [0.05, 0.1) is 0 Å². The molecular weight excluding hydrogens is 324 g/mol. The molecule has 2 aromatic carbocycles. The van der Waals surface area contributed by atoms with Crippen LogP contribution in [-0.4, -0.2) is 15.9 Å². The van der Waals surface area contributed by atoms with Crippen molar-refractivity contribution in [3.63, 3.8) is 0 Å². The summed E-state index contributed by atoms with van der Waals surface area (Å²) in [5.74, 6) is 0.199. The minimum Gasteiger partial charge on any atom is -0.350 e. The predicted octanol–water partition coefficient (Wildman–Crippen LogP) is 4.27. The Morgan fingerprint density at radius 3 is 2.54 bits per heavy atom. The maximum atomic E-state index is 12.6. The molecule has 0 aliphatic rings. The zero-order valence-corrected chi connectivity index (χ0v) is 15.2. The van der Waals surface area contributed by atoms with Gasteiger partial charge in [-0.05, 0) is 44.0 Å². The lowest BCUT2D eigenvalue weighted by atomic mass is 10.1. The van der Waals surface area contributed by atoms with Crippen LogP contribution in [0.25, 0.3) is 0 Å². The molecule has 0 aliphatic carbocycles. The summed E-state index contributed by atoms with van der Waals surface area (Å²) in [6, 6.07) is 17.6. The molecule has 2 N–H and O–H groups in total. The van der Waals surface area contributed by atoms with E-state index < -0.39 is 0 Å². The number of carbonyl (C=O) groups is 1.